The van der Waals surface area contributed by atoms with Crippen molar-refractivity contribution in [2.24, 2.45) is 11.1 Å². The van der Waals surface area contributed by atoms with Crippen molar-refractivity contribution in [3.63, 3.8) is 0 Å². The number of hydrogen-bond acceptors (Lipinski definition) is 2. The fourth-order valence-electron chi connectivity index (χ4n) is 2.00. The van der Waals surface area contributed by atoms with E-state index in [1.165, 1.54) is 0 Å². The number of urea groups is 1. The van der Waals surface area contributed by atoms with E-state index in [4.69, 9.17) is 5.73 Å². The van der Waals surface area contributed by atoms with Gasteiger partial charge in [0.2, 0.25) is 0 Å². The van der Waals surface area contributed by atoms with Crippen LogP contribution >= 0.6 is 0 Å². The van der Waals surface area contributed by atoms with E-state index in [2.05, 4.69) is 13.8 Å². The highest BCUT2D eigenvalue weighted by Crippen LogP contribution is 2.17. The lowest BCUT2D eigenvalue weighted by Gasteiger charge is -2.33. The van der Waals surface area contributed by atoms with Crippen molar-refractivity contribution in [2.45, 2.75) is 33.6 Å². The minimum absolute atomic E-state index is 0.00535. The van der Waals surface area contributed by atoms with E-state index in [0.29, 0.717) is 6.54 Å². The second-order valence-corrected chi connectivity index (χ2v) is 5.36. The van der Waals surface area contributed by atoms with Crippen LogP contribution in [0.4, 0.5) is 4.79 Å². The van der Waals surface area contributed by atoms with E-state index in [-0.39, 0.29) is 11.4 Å². The van der Waals surface area contributed by atoms with Crippen molar-refractivity contribution in [3.05, 3.63) is 0 Å². The Balaban J connectivity index is 2.56. The summed E-state index contributed by atoms with van der Waals surface area (Å²) in [5.74, 6) is 0. The molecule has 2 amide bonds. The SMILES string of the molecule is CCN(CC(C)(C)CN)C(=O)N1CCCC1. The minimum Gasteiger partial charge on any atom is -0.330 e. The maximum Gasteiger partial charge on any atom is 0.320 e. The maximum absolute atomic E-state index is 12.2. The van der Waals surface area contributed by atoms with Crippen molar-refractivity contribution < 1.29 is 4.79 Å². The molecule has 16 heavy (non-hydrogen) atoms. The van der Waals surface area contributed by atoms with Crippen LogP contribution in [0.2, 0.25) is 0 Å². The molecule has 0 bridgehead atoms. The number of rotatable bonds is 4. The highest BCUT2D eigenvalue weighted by Gasteiger charge is 2.27. The fraction of sp³-hybridized carbons (Fsp3) is 0.917. The lowest BCUT2D eigenvalue weighted by Crippen LogP contribution is -2.47. The number of carbonyl (C=O) groups excluding carboxylic acids is 1. The molecule has 0 radical (unpaired) electrons. The van der Waals surface area contributed by atoms with Gasteiger partial charge in [0.1, 0.15) is 0 Å². The summed E-state index contributed by atoms with van der Waals surface area (Å²) in [6, 6.07) is 0.182. The summed E-state index contributed by atoms with van der Waals surface area (Å²) in [5.41, 5.74) is 5.72. The summed E-state index contributed by atoms with van der Waals surface area (Å²) in [7, 11) is 0. The molecule has 0 aromatic heterocycles. The molecule has 1 heterocycles. The van der Waals surface area contributed by atoms with Crippen LogP contribution in [0.25, 0.3) is 0 Å². The molecule has 94 valence electrons. The van der Waals surface area contributed by atoms with E-state index in [9.17, 15) is 4.79 Å². The lowest BCUT2D eigenvalue weighted by molar-refractivity contribution is 0.143. The molecule has 0 aromatic carbocycles. The average Bonchev–Trinajstić information content (AvgIpc) is 2.78. The molecule has 1 saturated heterocycles. The molecule has 0 spiro atoms. The molecule has 0 saturated carbocycles. The summed E-state index contributed by atoms with van der Waals surface area (Å²) in [6.45, 7) is 10.2. The van der Waals surface area contributed by atoms with Gasteiger partial charge in [-0.15, -0.1) is 0 Å². The predicted molar refractivity (Wildman–Crippen MR) is 66.3 cm³/mol. The van der Waals surface area contributed by atoms with Gasteiger partial charge >= 0.3 is 6.03 Å². The van der Waals surface area contributed by atoms with Gasteiger partial charge in [0.05, 0.1) is 0 Å². The van der Waals surface area contributed by atoms with Gasteiger partial charge in [0, 0.05) is 26.2 Å². The highest BCUT2D eigenvalue weighted by molar-refractivity contribution is 5.74. The number of nitrogens with zero attached hydrogens (tertiary/aromatic N) is 2. The second-order valence-electron chi connectivity index (χ2n) is 5.36. The molecule has 4 heteroatoms. The van der Waals surface area contributed by atoms with Gasteiger partial charge in [0.25, 0.3) is 0 Å². The molecule has 1 aliphatic rings. The Kier molecular flexibility index (Phi) is 4.59. The number of carbonyl (C=O) groups is 1. The fourth-order valence-corrected chi connectivity index (χ4v) is 2.00. The zero-order valence-corrected chi connectivity index (χ0v) is 10.8. The average molecular weight is 227 g/mol. The first kappa shape index (κ1) is 13.3. The third-order valence-corrected chi connectivity index (χ3v) is 3.20. The van der Waals surface area contributed by atoms with Gasteiger partial charge in [-0.3, -0.25) is 0 Å². The van der Waals surface area contributed by atoms with Crippen LogP contribution < -0.4 is 5.73 Å². The Morgan fingerprint density at radius 2 is 1.94 bits per heavy atom. The number of likely N-dealkylation sites (tertiary alicyclic amines) is 1. The van der Waals surface area contributed by atoms with Crippen molar-refractivity contribution in [1.29, 1.82) is 0 Å². The van der Waals surface area contributed by atoms with Gasteiger partial charge in [-0.1, -0.05) is 13.8 Å². The van der Waals surface area contributed by atoms with Crippen LogP contribution in [-0.4, -0.2) is 48.6 Å². The van der Waals surface area contributed by atoms with E-state index >= 15 is 0 Å². The topological polar surface area (TPSA) is 49.6 Å². The van der Waals surface area contributed by atoms with Gasteiger partial charge in [0.15, 0.2) is 0 Å². The number of hydrogen-bond donors (Lipinski definition) is 1. The van der Waals surface area contributed by atoms with Gasteiger partial charge < -0.3 is 15.5 Å². The largest absolute Gasteiger partial charge is 0.330 e. The maximum atomic E-state index is 12.2. The Morgan fingerprint density at radius 3 is 2.38 bits per heavy atom. The first-order chi connectivity index (χ1) is 7.50. The molecule has 1 fully saturated rings. The zero-order valence-electron chi connectivity index (χ0n) is 10.8. The molecule has 2 N–H and O–H groups in total. The molecular formula is C12H25N3O. The predicted octanol–water partition coefficient (Wildman–Crippen LogP) is 1.51. The van der Waals surface area contributed by atoms with Crippen molar-refractivity contribution in [1.82, 2.24) is 9.80 Å². The molecule has 0 aromatic rings. The zero-order chi connectivity index (χ0) is 12.2. The van der Waals surface area contributed by atoms with Crippen molar-refractivity contribution in [2.75, 3.05) is 32.7 Å². The van der Waals surface area contributed by atoms with Crippen molar-refractivity contribution >= 4 is 6.03 Å². The van der Waals surface area contributed by atoms with Crippen LogP contribution in [0.3, 0.4) is 0 Å². The van der Waals surface area contributed by atoms with Crippen LogP contribution in [-0.2, 0) is 0 Å². The number of amides is 2. The third-order valence-electron chi connectivity index (χ3n) is 3.20. The Hall–Kier alpha value is -0.770. The van der Waals surface area contributed by atoms with Crippen LogP contribution in [0, 0.1) is 5.41 Å². The quantitative estimate of drug-likeness (QED) is 0.791. The lowest BCUT2D eigenvalue weighted by atomic mass is 9.93. The summed E-state index contributed by atoms with van der Waals surface area (Å²) in [5, 5.41) is 0. The number of nitrogens with two attached hydrogens (primary N) is 1. The highest BCUT2D eigenvalue weighted by atomic mass is 16.2. The van der Waals surface area contributed by atoms with E-state index in [1.54, 1.807) is 0 Å². The van der Waals surface area contributed by atoms with Crippen molar-refractivity contribution in [3.8, 4) is 0 Å². The molecule has 0 aliphatic carbocycles. The second kappa shape index (κ2) is 5.53. The summed E-state index contributed by atoms with van der Waals surface area (Å²) in [4.78, 5) is 16.1. The molecule has 1 aliphatic heterocycles. The molecule has 0 unspecified atom stereocenters. The van der Waals surface area contributed by atoms with Crippen LogP contribution in [0.15, 0.2) is 0 Å². The van der Waals surface area contributed by atoms with Gasteiger partial charge in [-0.05, 0) is 31.7 Å². The minimum atomic E-state index is 0.00535. The molecule has 0 atom stereocenters. The normalized spacial score (nSPS) is 16.6. The van der Waals surface area contributed by atoms with E-state index < -0.39 is 0 Å². The smallest absolute Gasteiger partial charge is 0.320 e. The summed E-state index contributed by atoms with van der Waals surface area (Å²) in [6.07, 6.45) is 2.28. The Bertz CT molecular complexity index is 234. The van der Waals surface area contributed by atoms with Crippen LogP contribution in [0.1, 0.15) is 33.6 Å². The standard InChI is InChI=1S/C12H25N3O/c1-4-14(10-12(2,3)9-13)11(16)15-7-5-6-8-15/h4-10,13H2,1-3H3. The monoisotopic (exact) mass is 227 g/mol. The molecule has 4 nitrogen and oxygen atoms in total. The van der Waals surface area contributed by atoms with E-state index in [1.807, 2.05) is 16.7 Å². The van der Waals surface area contributed by atoms with Gasteiger partial charge in [-0.2, -0.15) is 0 Å². The first-order valence-electron chi connectivity index (χ1n) is 6.24. The Morgan fingerprint density at radius 1 is 1.38 bits per heavy atom. The molecular weight excluding hydrogens is 202 g/mol. The Labute approximate surface area is 98.8 Å². The molecule has 1 rings (SSSR count). The first-order valence-corrected chi connectivity index (χ1v) is 6.24. The summed E-state index contributed by atoms with van der Waals surface area (Å²) < 4.78 is 0. The van der Waals surface area contributed by atoms with Crippen LogP contribution in [0.5, 0.6) is 0 Å². The van der Waals surface area contributed by atoms with E-state index in [0.717, 1.165) is 39.0 Å². The van der Waals surface area contributed by atoms with Gasteiger partial charge in [-0.25, -0.2) is 4.79 Å². The summed E-state index contributed by atoms with van der Waals surface area (Å²) >= 11 is 0. The third kappa shape index (κ3) is 3.37.